The molecule has 0 saturated heterocycles. The van der Waals surface area contributed by atoms with Crippen LogP contribution in [0.2, 0.25) is 0 Å². The van der Waals surface area contributed by atoms with Crippen molar-refractivity contribution in [3.8, 4) is 0 Å². The molecule has 0 heterocycles. The molecule has 0 aromatic carbocycles. The zero-order valence-corrected chi connectivity index (χ0v) is 11.1. The smallest absolute Gasteiger partial charge is 0.0703 e. The first-order valence-corrected chi connectivity index (χ1v) is 6.03. The fourth-order valence-corrected chi connectivity index (χ4v) is 1.29. The molecule has 0 aromatic rings. The van der Waals surface area contributed by atoms with Crippen LogP contribution in [-0.2, 0) is 9.47 Å². The van der Waals surface area contributed by atoms with Crippen LogP contribution in [0.4, 0.5) is 0 Å². The van der Waals surface area contributed by atoms with E-state index < -0.39 is 0 Å². The second kappa shape index (κ2) is 8.93. The molecular weight excluding hydrogens is 206 g/mol. The van der Waals surface area contributed by atoms with E-state index in [-0.39, 0.29) is 18.2 Å². The van der Waals surface area contributed by atoms with Gasteiger partial charge in [0.05, 0.1) is 25.9 Å². The van der Waals surface area contributed by atoms with Crippen LogP contribution in [0, 0.1) is 0 Å². The molecule has 0 fully saturated rings. The van der Waals surface area contributed by atoms with E-state index >= 15 is 0 Å². The van der Waals surface area contributed by atoms with Gasteiger partial charge in [-0.2, -0.15) is 0 Å². The van der Waals surface area contributed by atoms with E-state index in [0.29, 0.717) is 13.2 Å². The van der Waals surface area contributed by atoms with Crippen molar-refractivity contribution in [1.29, 1.82) is 0 Å². The minimum atomic E-state index is -0.183. The fourth-order valence-electron chi connectivity index (χ4n) is 1.29. The summed E-state index contributed by atoms with van der Waals surface area (Å²) in [4.78, 5) is 0. The Morgan fingerprint density at radius 3 is 2.44 bits per heavy atom. The summed E-state index contributed by atoms with van der Waals surface area (Å²) in [6.45, 7) is 8.21. The van der Waals surface area contributed by atoms with Gasteiger partial charge < -0.3 is 19.9 Å². The van der Waals surface area contributed by atoms with Crippen LogP contribution in [0.3, 0.4) is 0 Å². The summed E-state index contributed by atoms with van der Waals surface area (Å²) < 4.78 is 10.8. The summed E-state index contributed by atoms with van der Waals surface area (Å²) in [5.74, 6) is 0. The van der Waals surface area contributed by atoms with E-state index in [1.165, 1.54) is 0 Å². The number of nitrogens with one attached hydrogen (secondary N) is 1. The van der Waals surface area contributed by atoms with Crippen LogP contribution >= 0.6 is 0 Å². The molecule has 2 N–H and O–H groups in total. The third-order valence-electron chi connectivity index (χ3n) is 2.65. The second-order valence-electron chi connectivity index (χ2n) is 4.60. The maximum Gasteiger partial charge on any atom is 0.0703 e. The van der Waals surface area contributed by atoms with E-state index in [4.69, 9.17) is 14.6 Å². The number of hydrogen-bond donors (Lipinski definition) is 2. The van der Waals surface area contributed by atoms with Gasteiger partial charge in [0.1, 0.15) is 0 Å². The average molecular weight is 233 g/mol. The molecule has 0 aliphatic carbocycles. The summed E-state index contributed by atoms with van der Waals surface area (Å²) in [6.07, 6.45) is 2.12. The Balaban J connectivity index is 3.33. The molecule has 16 heavy (non-hydrogen) atoms. The molecule has 0 aromatic heterocycles. The van der Waals surface area contributed by atoms with E-state index in [1.54, 1.807) is 0 Å². The first-order chi connectivity index (χ1) is 7.54. The van der Waals surface area contributed by atoms with Crippen LogP contribution < -0.4 is 5.32 Å². The fraction of sp³-hybridized carbons (Fsp3) is 1.00. The first kappa shape index (κ1) is 15.8. The Bertz CT molecular complexity index is 158. The maximum absolute atomic E-state index is 9.16. The third kappa shape index (κ3) is 8.05. The average Bonchev–Trinajstić information content (AvgIpc) is 2.27. The molecule has 0 aliphatic heterocycles. The molecule has 1 unspecified atom stereocenters. The monoisotopic (exact) mass is 233 g/mol. The van der Waals surface area contributed by atoms with E-state index in [2.05, 4.69) is 5.32 Å². The van der Waals surface area contributed by atoms with Gasteiger partial charge in [-0.05, 0) is 40.7 Å². The lowest BCUT2D eigenvalue weighted by molar-refractivity contribution is 0.0169. The van der Waals surface area contributed by atoms with Crippen LogP contribution in [0.5, 0.6) is 0 Å². The number of rotatable bonds is 10. The summed E-state index contributed by atoms with van der Waals surface area (Å²) >= 11 is 0. The van der Waals surface area contributed by atoms with Gasteiger partial charge in [-0.1, -0.05) is 0 Å². The minimum Gasteiger partial charge on any atom is -0.394 e. The highest BCUT2D eigenvalue weighted by Gasteiger charge is 2.19. The van der Waals surface area contributed by atoms with Gasteiger partial charge in [0, 0.05) is 12.1 Å². The van der Waals surface area contributed by atoms with Crippen molar-refractivity contribution in [2.24, 2.45) is 0 Å². The molecule has 4 nitrogen and oxygen atoms in total. The Kier molecular flexibility index (Phi) is 8.84. The number of ether oxygens (including phenoxy) is 2. The highest BCUT2D eigenvalue weighted by atomic mass is 16.5. The van der Waals surface area contributed by atoms with Crippen molar-refractivity contribution in [1.82, 2.24) is 5.32 Å². The van der Waals surface area contributed by atoms with E-state index in [1.807, 2.05) is 27.8 Å². The predicted molar refractivity (Wildman–Crippen MR) is 65.7 cm³/mol. The zero-order chi connectivity index (χ0) is 12.4. The first-order valence-electron chi connectivity index (χ1n) is 6.03. The van der Waals surface area contributed by atoms with Crippen LogP contribution in [-0.4, -0.2) is 50.2 Å². The van der Waals surface area contributed by atoms with Crippen molar-refractivity contribution in [2.75, 3.05) is 33.5 Å². The van der Waals surface area contributed by atoms with Crippen molar-refractivity contribution in [3.05, 3.63) is 0 Å². The zero-order valence-electron chi connectivity index (χ0n) is 11.1. The maximum atomic E-state index is 9.16. The number of aliphatic hydroxyl groups excluding tert-OH is 1. The molecule has 0 saturated carbocycles. The number of hydrogen-bond acceptors (Lipinski definition) is 4. The lowest BCUT2D eigenvalue weighted by Gasteiger charge is -2.26. The highest BCUT2D eigenvalue weighted by Crippen LogP contribution is 2.10. The Morgan fingerprint density at radius 2 is 1.94 bits per heavy atom. The molecule has 0 spiro atoms. The van der Waals surface area contributed by atoms with Gasteiger partial charge in [0.2, 0.25) is 0 Å². The Hall–Kier alpha value is -0.160. The molecule has 1 atom stereocenters. The normalized spacial score (nSPS) is 15.4. The Morgan fingerprint density at radius 1 is 1.25 bits per heavy atom. The SMILES string of the molecule is CNC(C)(CO)CCCOCCOC(C)C. The predicted octanol–water partition coefficient (Wildman–Crippen LogP) is 1.18. The lowest BCUT2D eigenvalue weighted by atomic mass is 9.97. The molecule has 0 amide bonds. The third-order valence-corrected chi connectivity index (χ3v) is 2.65. The highest BCUT2D eigenvalue weighted by molar-refractivity contribution is 4.79. The number of aliphatic hydroxyl groups is 1. The van der Waals surface area contributed by atoms with Crippen LogP contribution in [0.15, 0.2) is 0 Å². The number of likely N-dealkylation sites (N-methyl/N-ethyl adjacent to an activating group) is 1. The second-order valence-corrected chi connectivity index (χ2v) is 4.60. The van der Waals surface area contributed by atoms with Crippen molar-refractivity contribution in [3.63, 3.8) is 0 Å². The van der Waals surface area contributed by atoms with Gasteiger partial charge in [-0.15, -0.1) is 0 Å². The summed E-state index contributed by atoms with van der Waals surface area (Å²) in [5, 5.41) is 12.3. The van der Waals surface area contributed by atoms with Crippen LogP contribution in [0.1, 0.15) is 33.6 Å². The minimum absolute atomic E-state index is 0.153. The van der Waals surface area contributed by atoms with Gasteiger partial charge >= 0.3 is 0 Å². The van der Waals surface area contributed by atoms with Gasteiger partial charge in [0.25, 0.3) is 0 Å². The van der Waals surface area contributed by atoms with Gasteiger partial charge in [0.15, 0.2) is 0 Å². The van der Waals surface area contributed by atoms with E-state index in [9.17, 15) is 0 Å². The molecular formula is C12H27NO3. The Labute approximate surface area is 99.3 Å². The van der Waals surface area contributed by atoms with Crippen LogP contribution in [0.25, 0.3) is 0 Å². The molecule has 0 radical (unpaired) electrons. The summed E-state index contributed by atoms with van der Waals surface area (Å²) in [7, 11) is 1.87. The molecule has 98 valence electrons. The van der Waals surface area contributed by atoms with Crippen molar-refractivity contribution < 1.29 is 14.6 Å². The van der Waals surface area contributed by atoms with Gasteiger partial charge in [-0.3, -0.25) is 0 Å². The summed E-state index contributed by atoms with van der Waals surface area (Å²) in [5.41, 5.74) is -0.183. The largest absolute Gasteiger partial charge is 0.394 e. The van der Waals surface area contributed by atoms with Crippen molar-refractivity contribution in [2.45, 2.75) is 45.3 Å². The van der Waals surface area contributed by atoms with Crippen molar-refractivity contribution >= 4 is 0 Å². The molecule has 0 bridgehead atoms. The molecule has 0 rings (SSSR count). The molecule has 4 heteroatoms. The summed E-state index contributed by atoms with van der Waals surface area (Å²) in [6, 6.07) is 0. The lowest BCUT2D eigenvalue weighted by Crippen LogP contribution is -2.43. The topological polar surface area (TPSA) is 50.7 Å². The van der Waals surface area contributed by atoms with E-state index in [0.717, 1.165) is 19.4 Å². The quantitative estimate of drug-likeness (QED) is 0.556. The standard InChI is InChI=1S/C12H27NO3/c1-11(2)16-9-8-15-7-5-6-12(3,10-14)13-4/h11,13-14H,5-10H2,1-4H3. The van der Waals surface area contributed by atoms with Gasteiger partial charge in [-0.25, -0.2) is 0 Å². The molecule has 0 aliphatic rings.